The molecule has 0 radical (unpaired) electrons. The predicted octanol–water partition coefficient (Wildman–Crippen LogP) is 4.57. The zero-order valence-electron chi connectivity index (χ0n) is 15.9. The van der Waals surface area contributed by atoms with E-state index in [0.717, 1.165) is 33.8 Å². The van der Waals surface area contributed by atoms with Gasteiger partial charge in [0.15, 0.2) is 0 Å². The van der Waals surface area contributed by atoms with Crippen LogP contribution in [0, 0.1) is 6.92 Å². The molecule has 2 aromatic carbocycles. The smallest absolute Gasteiger partial charge is 0.260 e. The number of aryl methyl sites for hydroxylation is 1. The van der Waals surface area contributed by atoms with Crippen LogP contribution in [0.1, 0.15) is 17.0 Å². The van der Waals surface area contributed by atoms with E-state index in [1.54, 1.807) is 14.2 Å². The number of nitrogens with zero attached hydrogens (tertiary/aromatic N) is 1. The number of methoxy groups -OCH3 is 2. The van der Waals surface area contributed by atoms with Gasteiger partial charge in [-0.2, -0.15) is 0 Å². The summed E-state index contributed by atoms with van der Waals surface area (Å²) >= 11 is 1.46. The number of H-pyrrole nitrogens is 1. The Morgan fingerprint density at radius 1 is 1.04 bits per heavy atom. The van der Waals surface area contributed by atoms with Crippen molar-refractivity contribution in [2.75, 3.05) is 14.2 Å². The average Bonchev–Trinajstić information content (AvgIpc) is 3.13. The summed E-state index contributed by atoms with van der Waals surface area (Å²) in [5.74, 6) is 2.14. The Morgan fingerprint density at radius 2 is 1.82 bits per heavy atom. The third-order valence-corrected chi connectivity index (χ3v) is 5.56. The van der Waals surface area contributed by atoms with Gasteiger partial charge in [-0.25, -0.2) is 4.98 Å². The molecule has 5 nitrogen and oxygen atoms in total. The molecule has 0 fully saturated rings. The topological polar surface area (TPSA) is 64.2 Å². The number of rotatable bonds is 5. The third kappa shape index (κ3) is 3.27. The fraction of sp³-hybridized carbons (Fsp3) is 0.182. The molecule has 4 aromatic rings. The van der Waals surface area contributed by atoms with E-state index in [9.17, 15) is 4.79 Å². The summed E-state index contributed by atoms with van der Waals surface area (Å²) in [6.07, 6.45) is 0.496. The van der Waals surface area contributed by atoms with Crippen molar-refractivity contribution in [2.45, 2.75) is 13.3 Å². The van der Waals surface area contributed by atoms with Crippen molar-refractivity contribution in [1.82, 2.24) is 9.97 Å². The molecular formula is C22H20N2O3S. The van der Waals surface area contributed by atoms with Gasteiger partial charge in [-0.3, -0.25) is 4.79 Å². The molecular weight excluding hydrogens is 372 g/mol. The van der Waals surface area contributed by atoms with Gasteiger partial charge < -0.3 is 14.5 Å². The second kappa shape index (κ2) is 7.48. The molecule has 1 N–H and O–H groups in total. The van der Waals surface area contributed by atoms with Gasteiger partial charge in [-0.15, -0.1) is 11.3 Å². The molecule has 2 heterocycles. The monoisotopic (exact) mass is 392 g/mol. The van der Waals surface area contributed by atoms with Crippen LogP contribution >= 0.6 is 11.3 Å². The Kier molecular flexibility index (Phi) is 4.88. The van der Waals surface area contributed by atoms with Crippen LogP contribution in [0.25, 0.3) is 21.3 Å². The number of aromatic nitrogens is 2. The van der Waals surface area contributed by atoms with Crippen molar-refractivity contribution >= 4 is 21.6 Å². The van der Waals surface area contributed by atoms with Crippen LogP contribution in [-0.2, 0) is 6.42 Å². The van der Waals surface area contributed by atoms with Crippen molar-refractivity contribution in [1.29, 1.82) is 0 Å². The number of hydrogen-bond acceptors (Lipinski definition) is 5. The first-order valence-corrected chi connectivity index (χ1v) is 9.76. The van der Waals surface area contributed by atoms with Gasteiger partial charge >= 0.3 is 0 Å². The van der Waals surface area contributed by atoms with Gasteiger partial charge in [0.2, 0.25) is 0 Å². The fourth-order valence-corrected chi connectivity index (χ4v) is 4.29. The summed E-state index contributed by atoms with van der Waals surface area (Å²) in [5, 5.41) is 2.56. The highest BCUT2D eigenvalue weighted by atomic mass is 32.1. The van der Waals surface area contributed by atoms with Gasteiger partial charge in [-0.05, 0) is 25.1 Å². The minimum atomic E-state index is -0.144. The Hall–Kier alpha value is -3.12. The molecule has 4 rings (SSSR count). The number of fused-ring (bicyclic) bond motifs is 1. The second-order valence-corrected chi connectivity index (χ2v) is 7.39. The molecule has 0 spiro atoms. The number of nitrogens with one attached hydrogen (secondary N) is 1. The van der Waals surface area contributed by atoms with Crippen LogP contribution < -0.4 is 15.0 Å². The minimum Gasteiger partial charge on any atom is -0.496 e. The van der Waals surface area contributed by atoms with Crippen molar-refractivity contribution in [3.05, 3.63) is 75.1 Å². The summed E-state index contributed by atoms with van der Waals surface area (Å²) in [6, 6.07) is 13.7. The van der Waals surface area contributed by atoms with E-state index >= 15 is 0 Å². The predicted molar refractivity (Wildman–Crippen MR) is 113 cm³/mol. The zero-order chi connectivity index (χ0) is 19.7. The fourth-order valence-electron chi connectivity index (χ4n) is 3.34. The molecule has 0 saturated heterocycles. The van der Waals surface area contributed by atoms with Gasteiger partial charge in [0, 0.05) is 28.5 Å². The van der Waals surface area contributed by atoms with Crippen LogP contribution in [0.15, 0.2) is 52.6 Å². The van der Waals surface area contributed by atoms with E-state index in [2.05, 4.69) is 4.98 Å². The Labute approximate surface area is 166 Å². The van der Waals surface area contributed by atoms with Crippen LogP contribution in [0.5, 0.6) is 11.5 Å². The van der Waals surface area contributed by atoms with Crippen molar-refractivity contribution in [2.24, 2.45) is 0 Å². The molecule has 6 heteroatoms. The van der Waals surface area contributed by atoms with Gasteiger partial charge in [0.1, 0.15) is 22.2 Å². The highest BCUT2D eigenvalue weighted by molar-refractivity contribution is 7.17. The Balaban J connectivity index is 1.81. The van der Waals surface area contributed by atoms with Crippen molar-refractivity contribution < 1.29 is 9.47 Å². The van der Waals surface area contributed by atoms with Crippen LogP contribution in [0.3, 0.4) is 0 Å². The molecule has 142 valence electrons. The number of para-hydroxylation sites is 1. The molecule has 0 aliphatic carbocycles. The number of hydrogen-bond donors (Lipinski definition) is 1. The maximum Gasteiger partial charge on any atom is 0.260 e. The molecule has 2 aromatic heterocycles. The molecule has 28 heavy (non-hydrogen) atoms. The highest BCUT2D eigenvalue weighted by Gasteiger charge is 2.17. The normalized spacial score (nSPS) is 11.0. The zero-order valence-corrected chi connectivity index (χ0v) is 16.7. The minimum absolute atomic E-state index is 0.144. The Bertz CT molecular complexity index is 1210. The number of benzene rings is 2. The maximum absolute atomic E-state index is 12.9. The first-order chi connectivity index (χ1) is 13.6. The summed E-state index contributed by atoms with van der Waals surface area (Å²) < 4.78 is 10.9. The Morgan fingerprint density at radius 3 is 2.61 bits per heavy atom. The molecule has 0 unspecified atom stereocenters. The third-order valence-electron chi connectivity index (χ3n) is 4.69. The molecule has 0 aliphatic rings. The lowest BCUT2D eigenvalue weighted by Gasteiger charge is -2.09. The number of ether oxygens (including phenoxy) is 2. The van der Waals surface area contributed by atoms with E-state index in [1.165, 1.54) is 11.3 Å². The van der Waals surface area contributed by atoms with E-state index < -0.39 is 0 Å². The molecule has 0 bridgehead atoms. The van der Waals surface area contributed by atoms with Crippen molar-refractivity contribution in [3.8, 4) is 22.6 Å². The second-order valence-electron chi connectivity index (χ2n) is 6.53. The van der Waals surface area contributed by atoms with Gasteiger partial charge in [0.25, 0.3) is 5.56 Å². The lowest BCUT2D eigenvalue weighted by Crippen LogP contribution is -2.12. The van der Waals surface area contributed by atoms with E-state index in [0.29, 0.717) is 22.5 Å². The first kappa shape index (κ1) is 18.3. The van der Waals surface area contributed by atoms with Gasteiger partial charge in [0.05, 0.1) is 19.6 Å². The molecule has 0 saturated carbocycles. The maximum atomic E-state index is 12.9. The summed E-state index contributed by atoms with van der Waals surface area (Å²) in [5.41, 5.74) is 3.68. The average molecular weight is 392 g/mol. The SMILES string of the molecule is COc1ccccc1Cc1nc2scc(-c3cc(C)ccc3OC)c2c(=O)[nH]1. The highest BCUT2D eigenvalue weighted by Crippen LogP contribution is 2.37. The van der Waals surface area contributed by atoms with Crippen LogP contribution in [0.2, 0.25) is 0 Å². The number of thiophene rings is 1. The lowest BCUT2D eigenvalue weighted by molar-refractivity contribution is 0.410. The molecule has 0 atom stereocenters. The molecule has 0 amide bonds. The van der Waals surface area contributed by atoms with Crippen LogP contribution in [-0.4, -0.2) is 24.2 Å². The standard InChI is InChI=1S/C22H20N2O3S/c1-13-8-9-18(27-3)15(10-13)16-12-28-22-20(16)21(25)23-19(24-22)11-14-6-4-5-7-17(14)26-2/h4-10,12H,11H2,1-3H3,(H,23,24,25). The summed E-state index contributed by atoms with van der Waals surface area (Å²) in [4.78, 5) is 21.3. The van der Waals surface area contributed by atoms with Crippen LogP contribution in [0.4, 0.5) is 0 Å². The van der Waals surface area contributed by atoms with Crippen molar-refractivity contribution in [3.63, 3.8) is 0 Å². The molecule has 0 aliphatic heterocycles. The quantitative estimate of drug-likeness (QED) is 0.540. The summed E-state index contributed by atoms with van der Waals surface area (Å²) in [6.45, 7) is 2.02. The van der Waals surface area contributed by atoms with E-state index in [-0.39, 0.29) is 5.56 Å². The lowest BCUT2D eigenvalue weighted by atomic mass is 10.0. The largest absolute Gasteiger partial charge is 0.496 e. The van der Waals surface area contributed by atoms with E-state index in [4.69, 9.17) is 14.5 Å². The number of aromatic amines is 1. The van der Waals surface area contributed by atoms with E-state index in [1.807, 2.05) is 54.8 Å². The first-order valence-electron chi connectivity index (χ1n) is 8.88. The van der Waals surface area contributed by atoms with Gasteiger partial charge in [-0.1, -0.05) is 29.8 Å². The summed E-state index contributed by atoms with van der Waals surface area (Å²) in [7, 11) is 3.27.